The second-order valence-corrected chi connectivity index (χ2v) is 3.35. The maximum Gasteiger partial charge on any atom is 0.242 e. The van der Waals surface area contributed by atoms with Crippen LogP contribution in [0.25, 0.3) is 0 Å². The molecule has 0 aliphatic heterocycles. The van der Waals surface area contributed by atoms with Crippen LogP contribution in [0.5, 0.6) is 0 Å². The Bertz CT molecular complexity index is 361. The average Bonchev–Trinajstić information content (AvgIpc) is 2.22. The van der Waals surface area contributed by atoms with E-state index >= 15 is 0 Å². The van der Waals surface area contributed by atoms with E-state index in [1.165, 1.54) is 6.07 Å². The van der Waals surface area contributed by atoms with Crippen molar-refractivity contribution in [1.82, 2.24) is 5.32 Å². The van der Waals surface area contributed by atoms with Gasteiger partial charge in [-0.3, -0.25) is 4.79 Å². The Morgan fingerprint density at radius 2 is 2.13 bits per heavy atom. The lowest BCUT2D eigenvalue weighted by molar-refractivity contribution is -0.124. The lowest BCUT2D eigenvalue weighted by Gasteiger charge is -2.29. The summed E-state index contributed by atoms with van der Waals surface area (Å²) in [5.74, 6) is -0.995. The smallest absolute Gasteiger partial charge is 0.242 e. The number of carbonyl (C=O) groups excluding carboxylic acids is 1. The second kappa shape index (κ2) is 4.40. The standard InChI is InChI=1S/C11H15FN2O/c1-3-11(14-2,10(13)15)8-6-4-5-7-9(8)12/h4-7,14H,3H2,1-2H3,(H2,13,15). The molecule has 1 aromatic rings. The van der Waals surface area contributed by atoms with E-state index in [0.717, 1.165) is 0 Å². The third-order valence-corrected chi connectivity index (χ3v) is 2.71. The molecule has 1 unspecified atom stereocenters. The van der Waals surface area contributed by atoms with Crippen LogP contribution in [0.3, 0.4) is 0 Å². The monoisotopic (exact) mass is 210 g/mol. The summed E-state index contributed by atoms with van der Waals surface area (Å²) >= 11 is 0. The van der Waals surface area contributed by atoms with Crippen LogP contribution >= 0.6 is 0 Å². The third-order valence-electron chi connectivity index (χ3n) is 2.71. The minimum absolute atomic E-state index is 0.294. The molecule has 3 nitrogen and oxygen atoms in total. The number of hydrogen-bond donors (Lipinski definition) is 2. The summed E-state index contributed by atoms with van der Waals surface area (Å²) in [5.41, 5.74) is 4.50. The van der Waals surface area contributed by atoms with Gasteiger partial charge in [0.2, 0.25) is 5.91 Å². The van der Waals surface area contributed by atoms with Crippen molar-refractivity contribution >= 4 is 5.91 Å². The highest BCUT2D eigenvalue weighted by atomic mass is 19.1. The summed E-state index contributed by atoms with van der Waals surface area (Å²) in [6.45, 7) is 1.79. The molecular weight excluding hydrogens is 195 g/mol. The Labute approximate surface area is 88.5 Å². The Kier molecular flexibility index (Phi) is 3.42. The van der Waals surface area contributed by atoms with Crippen LogP contribution in [0.4, 0.5) is 4.39 Å². The number of benzene rings is 1. The minimum Gasteiger partial charge on any atom is -0.368 e. The van der Waals surface area contributed by atoms with E-state index in [4.69, 9.17) is 5.73 Å². The van der Waals surface area contributed by atoms with E-state index in [0.29, 0.717) is 12.0 Å². The van der Waals surface area contributed by atoms with E-state index in [2.05, 4.69) is 5.32 Å². The van der Waals surface area contributed by atoms with Gasteiger partial charge in [0.1, 0.15) is 11.4 Å². The molecule has 0 spiro atoms. The normalized spacial score (nSPS) is 14.6. The Morgan fingerprint density at radius 3 is 2.53 bits per heavy atom. The van der Waals surface area contributed by atoms with E-state index in [1.54, 1.807) is 32.2 Å². The van der Waals surface area contributed by atoms with Crippen molar-refractivity contribution in [1.29, 1.82) is 0 Å². The number of amides is 1. The number of nitrogens with two attached hydrogens (primary N) is 1. The van der Waals surface area contributed by atoms with Crippen molar-refractivity contribution in [3.8, 4) is 0 Å². The Hall–Kier alpha value is -1.42. The van der Waals surface area contributed by atoms with Crippen molar-refractivity contribution in [2.24, 2.45) is 5.73 Å². The van der Waals surface area contributed by atoms with Crippen molar-refractivity contribution in [3.05, 3.63) is 35.6 Å². The highest BCUT2D eigenvalue weighted by molar-refractivity contribution is 5.86. The molecule has 1 aromatic carbocycles. The quantitative estimate of drug-likeness (QED) is 0.782. The molecule has 0 aromatic heterocycles. The van der Waals surface area contributed by atoms with Gasteiger partial charge in [0.05, 0.1) is 0 Å². The number of nitrogens with one attached hydrogen (secondary N) is 1. The van der Waals surface area contributed by atoms with Crippen LogP contribution < -0.4 is 11.1 Å². The van der Waals surface area contributed by atoms with Crippen LogP contribution in [0.15, 0.2) is 24.3 Å². The molecule has 0 fully saturated rings. The fraction of sp³-hybridized carbons (Fsp3) is 0.364. The first-order valence-electron chi connectivity index (χ1n) is 4.82. The average molecular weight is 210 g/mol. The first kappa shape index (κ1) is 11.7. The molecule has 1 rings (SSSR count). The number of hydrogen-bond acceptors (Lipinski definition) is 2. The fourth-order valence-corrected chi connectivity index (χ4v) is 1.74. The molecule has 0 aliphatic carbocycles. The van der Waals surface area contributed by atoms with Crippen LogP contribution in [0.1, 0.15) is 18.9 Å². The molecule has 3 N–H and O–H groups in total. The van der Waals surface area contributed by atoms with Crippen LogP contribution in [-0.2, 0) is 10.3 Å². The zero-order valence-electron chi connectivity index (χ0n) is 8.88. The van der Waals surface area contributed by atoms with Gasteiger partial charge >= 0.3 is 0 Å². The predicted molar refractivity (Wildman–Crippen MR) is 56.6 cm³/mol. The summed E-state index contributed by atoms with van der Waals surface area (Å²) in [7, 11) is 1.60. The number of primary amides is 1. The molecule has 1 atom stereocenters. The van der Waals surface area contributed by atoms with Crippen LogP contribution in [0.2, 0.25) is 0 Å². The predicted octanol–water partition coefficient (Wildman–Crippen LogP) is 1.14. The van der Waals surface area contributed by atoms with Crippen molar-refractivity contribution in [3.63, 3.8) is 0 Å². The van der Waals surface area contributed by atoms with Gasteiger partial charge in [-0.15, -0.1) is 0 Å². The summed E-state index contributed by atoms with van der Waals surface area (Å²) in [6.07, 6.45) is 0.403. The van der Waals surface area contributed by atoms with Gasteiger partial charge in [0, 0.05) is 5.56 Å². The summed E-state index contributed by atoms with van der Waals surface area (Å²) in [6, 6.07) is 6.15. The van der Waals surface area contributed by atoms with Gasteiger partial charge in [-0.2, -0.15) is 0 Å². The van der Waals surface area contributed by atoms with Gasteiger partial charge in [-0.25, -0.2) is 4.39 Å². The Balaban J connectivity index is 3.33. The zero-order valence-corrected chi connectivity index (χ0v) is 8.88. The molecule has 15 heavy (non-hydrogen) atoms. The first-order valence-corrected chi connectivity index (χ1v) is 4.82. The summed E-state index contributed by atoms with van der Waals surface area (Å²) in [5, 5.41) is 2.81. The van der Waals surface area contributed by atoms with Crippen molar-refractivity contribution in [2.75, 3.05) is 7.05 Å². The maximum absolute atomic E-state index is 13.6. The van der Waals surface area contributed by atoms with Crippen molar-refractivity contribution in [2.45, 2.75) is 18.9 Å². The summed E-state index contributed by atoms with van der Waals surface area (Å²) < 4.78 is 13.6. The van der Waals surface area contributed by atoms with Gasteiger partial charge in [0.25, 0.3) is 0 Å². The SMILES string of the molecule is CCC(NC)(C(N)=O)c1ccccc1F. The molecule has 0 saturated heterocycles. The first-order chi connectivity index (χ1) is 7.08. The van der Waals surface area contributed by atoms with Gasteiger partial charge in [-0.1, -0.05) is 25.1 Å². The van der Waals surface area contributed by atoms with Gasteiger partial charge in [0.15, 0.2) is 0 Å². The van der Waals surface area contributed by atoms with Crippen LogP contribution in [-0.4, -0.2) is 13.0 Å². The van der Waals surface area contributed by atoms with Crippen LogP contribution in [0, 0.1) is 5.82 Å². The van der Waals surface area contributed by atoms with Crippen molar-refractivity contribution < 1.29 is 9.18 Å². The van der Waals surface area contributed by atoms with E-state index in [9.17, 15) is 9.18 Å². The van der Waals surface area contributed by atoms with Gasteiger partial charge < -0.3 is 11.1 Å². The lowest BCUT2D eigenvalue weighted by Crippen LogP contribution is -2.51. The molecule has 0 radical (unpaired) electrons. The lowest BCUT2D eigenvalue weighted by atomic mass is 9.86. The zero-order chi connectivity index (χ0) is 11.5. The van der Waals surface area contributed by atoms with E-state index < -0.39 is 17.3 Å². The maximum atomic E-state index is 13.6. The topological polar surface area (TPSA) is 55.1 Å². The third kappa shape index (κ3) is 1.85. The molecule has 4 heteroatoms. The number of rotatable bonds is 4. The highest BCUT2D eigenvalue weighted by Gasteiger charge is 2.37. The molecular formula is C11H15FN2O. The highest BCUT2D eigenvalue weighted by Crippen LogP contribution is 2.26. The molecule has 1 amide bonds. The van der Waals surface area contributed by atoms with E-state index in [1.807, 2.05) is 0 Å². The number of carbonyl (C=O) groups is 1. The number of likely N-dealkylation sites (N-methyl/N-ethyl adjacent to an activating group) is 1. The molecule has 82 valence electrons. The Morgan fingerprint density at radius 1 is 1.53 bits per heavy atom. The minimum atomic E-state index is -1.12. The molecule has 0 aliphatic rings. The van der Waals surface area contributed by atoms with E-state index in [-0.39, 0.29) is 0 Å². The number of halogens is 1. The second-order valence-electron chi connectivity index (χ2n) is 3.35. The van der Waals surface area contributed by atoms with Gasteiger partial charge in [-0.05, 0) is 19.5 Å². The molecule has 0 bridgehead atoms. The summed E-state index contributed by atoms with van der Waals surface area (Å²) in [4.78, 5) is 11.4. The molecule has 0 saturated carbocycles. The fourth-order valence-electron chi connectivity index (χ4n) is 1.74. The molecule has 0 heterocycles. The largest absolute Gasteiger partial charge is 0.368 e.